The van der Waals surface area contributed by atoms with E-state index in [0.717, 1.165) is 11.4 Å². The molecule has 0 aliphatic carbocycles. The van der Waals surface area contributed by atoms with Crippen molar-refractivity contribution in [1.82, 2.24) is 14.9 Å². The Hall–Kier alpha value is -3.00. The average Bonchev–Trinajstić information content (AvgIpc) is 3.37. The third-order valence-corrected chi connectivity index (χ3v) is 5.95. The highest BCUT2D eigenvalue weighted by atomic mass is 32.2. The van der Waals surface area contributed by atoms with Gasteiger partial charge in [0.2, 0.25) is 11.0 Å². The summed E-state index contributed by atoms with van der Waals surface area (Å²) in [5, 5.41) is 8.56. The molecule has 0 saturated carbocycles. The first-order valence-electron chi connectivity index (χ1n) is 8.85. The van der Waals surface area contributed by atoms with Gasteiger partial charge in [-0.05, 0) is 23.8 Å². The third kappa shape index (κ3) is 2.99. The number of ketones is 1. The summed E-state index contributed by atoms with van der Waals surface area (Å²) in [6.45, 7) is 4.27. The fourth-order valence-electron chi connectivity index (χ4n) is 3.54. The van der Waals surface area contributed by atoms with Crippen LogP contribution in [0.5, 0.6) is 0 Å². The van der Waals surface area contributed by atoms with E-state index in [0.29, 0.717) is 16.7 Å². The number of para-hydroxylation sites is 1. The molecule has 1 aliphatic rings. The van der Waals surface area contributed by atoms with Crippen LogP contribution in [-0.2, 0) is 10.2 Å². The van der Waals surface area contributed by atoms with Crippen LogP contribution in [0, 0.1) is 0 Å². The molecule has 144 valence electrons. The van der Waals surface area contributed by atoms with Crippen LogP contribution < -0.4 is 10.7 Å². The molecule has 0 saturated heterocycles. The molecular weight excluding hydrogens is 374 g/mol. The van der Waals surface area contributed by atoms with Crippen LogP contribution in [0.25, 0.3) is 11.6 Å². The van der Waals surface area contributed by atoms with Crippen molar-refractivity contribution in [2.75, 3.05) is 23.5 Å². The summed E-state index contributed by atoms with van der Waals surface area (Å²) in [6, 6.07) is 11.7. The Labute approximate surface area is 167 Å². The normalized spacial score (nSPS) is 16.5. The SMILES string of the molecule is CN1/C(=C\C(=O)CSc2nnc(-c3ccco3)n2N)C(C)(C)c2ccccc21. The number of fused-ring (bicyclic) bond motifs is 1. The Balaban J connectivity index is 1.50. The summed E-state index contributed by atoms with van der Waals surface area (Å²) < 4.78 is 6.64. The Kier molecular flexibility index (Phi) is 4.50. The molecule has 3 aromatic rings. The Bertz CT molecular complexity index is 1050. The van der Waals surface area contributed by atoms with Crippen LogP contribution >= 0.6 is 11.8 Å². The maximum atomic E-state index is 12.7. The lowest BCUT2D eigenvalue weighted by molar-refractivity contribution is -0.112. The fourth-order valence-corrected chi connectivity index (χ4v) is 4.22. The van der Waals surface area contributed by atoms with Crippen LogP contribution in [0.15, 0.2) is 64.0 Å². The number of anilines is 1. The number of nitrogens with zero attached hydrogens (tertiary/aromatic N) is 4. The smallest absolute Gasteiger partial charge is 0.218 e. The lowest BCUT2D eigenvalue weighted by atomic mass is 9.83. The third-order valence-electron chi connectivity index (χ3n) is 4.99. The van der Waals surface area contributed by atoms with Gasteiger partial charge in [-0.2, -0.15) is 0 Å². The molecule has 2 aromatic heterocycles. The molecule has 0 fully saturated rings. The highest BCUT2D eigenvalue weighted by Crippen LogP contribution is 2.46. The number of aromatic nitrogens is 3. The van der Waals surface area contributed by atoms with Crippen molar-refractivity contribution in [3.05, 3.63) is 60.0 Å². The number of allylic oxidation sites excluding steroid dienone is 2. The second-order valence-electron chi connectivity index (χ2n) is 7.14. The monoisotopic (exact) mass is 395 g/mol. The number of furan rings is 1. The maximum Gasteiger partial charge on any atom is 0.218 e. The number of thioether (sulfide) groups is 1. The van der Waals surface area contributed by atoms with E-state index in [4.69, 9.17) is 10.3 Å². The van der Waals surface area contributed by atoms with Crippen molar-refractivity contribution >= 4 is 23.2 Å². The number of carbonyl (C=O) groups excluding carboxylic acids is 1. The zero-order valence-corrected chi connectivity index (χ0v) is 16.7. The summed E-state index contributed by atoms with van der Waals surface area (Å²) in [6.07, 6.45) is 3.27. The molecule has 0 radical (unpaired) electrons. The molecule has 3 heterocycles. The van der Waals surface area contributed by atoms with E-state index in [2.05, 4.69) is 41.1 Å². The van der Waals surface area contributed by atoms with Crippen LogP contribution in [0.3, 0.4) is 0 Å². The minimum Gasteiger partial charge on any atom is -0.461 e. The molecule has 7 nitrogen and oxygen atoms in total. The van der Waals surface area contributed by atoms with Gasteiger partial charge < -0.3 is 15.2 Å². The molecule has 0 unspecified atom stereocenters. The topological polar surface area (TPSA) is 90.2 Å². The quantitative estimate of drug-likeness (QED) is 0.403. The molecule has 28 heavy (non-hydrogen) atoms. The van der Waals surface area contributed by atoms with E-state index in [-0.39, 0.29) is 17.0 Å². The van der Waals surface area contributed by atoms with E-state index in [1.165, 1.54) is 22.0 Å². The number of rotatable bonds is 5. The van der Waals surface area contributed by atoms with Crippen molar-refractivity contribution in [1.29, 1.82) is 0 Å². The number of hydrogen-bond acceptors (Lipinski definition) is 7. The first kappa shape index (κ1) is 18.4. The zero-order valence-electron chi connectivity index (χ0n) is 15.9. The van der Waals surface area contributed by atoms with E-state index < -0.39 is 0 Å². The predicted octanol–water partition coefficient (Wildman–Crippen LogP) is 3.22. The molecular formula is C20H21N5O2S. The Morgan fingerprint density at radius 3 is 2.75 bits per heavy atom. The van der Waals surface area contributed by atoms with E-state index in [1.807, 2.05) is 19.2 Å². The van der Waals surface area contributed by atoms with Crippen LogP contribution in [0.2, 0.25) is 0 Å². The molecule has 0 amide bonds. The molecule has 1 aliphatic heterocycles. The first-order chi connectivity index (χ1) is 13.4. The Morgan fingerprint density at radius 1 is 1.25 bits per heavy atom. The van der Waals surface area contributed by atoms with Gasteiger partial charge >= 0.3 is 0 Å². The van der Waals surface area contributed by atoms with Crippen molar-refractivity contribution < 1.29 is 9.21 Å². The largest absolute Gasteiger partial charge is 0.461 e. The first-order valence-corrected chi connectivity index (χ1v) is 9.83. The van der Waals surface area contributed by atoms with Crippen molar-refractivity contribution in [3.8, 4) is 11.6 Å². The molecule has 0 atom stereocenters. The van der Waals surface area contributed by atoms with Gasteiger partial charge in [-0.15, -0.1) is 10.2 Å². The summed E-state index contributed by atoms with van der Waals surface area (Å²) in [5.74, 6) is 7.21. The maximum absolute atomic E-state index is 12.7. The van der Waals surface area contributed by atoms with Crippen LogP contribution in [0.4, 0.5) is 5.69 Å². The van der Waals surface area contributed by atoms with Gasteiger partial charge in [0, 0.05) is 29.9 Å². The summed E-state index contributed by atoms with van der Waals surface area (Å²) >= 11 is 1.25. The second kappa shape index (κ2) is 6.87. The molecule has 0 bridgehead atoms. The minimum absolute atomic E-state index is 0.00437. The van der Waals surface area contributed by atoms with Gasteiger partial charge in [0.05, 0.1) is 12.0 Å². The number of hydrogen-bond donors (Lipinski definition) is 1. The molecule has 1 aromatic carbocycles. The molecule has 2 N–H and O–H groups in total. The van der Waals surface area contributed by atoms with Gasteiger partial charge in [0.25, 0.3) is 0 Å². The molecule has 4 rings (SSSR count). The highest BCUT2D eigenvalue weighted by molar-refractivity contribution is 7.99. The molecule has 0 spiro atoms. The summed E-state index contributed by atoms with van der Waals surface area (Å²) in [7, 11) is 1.99. The van der Waals surface area contributed by atoms with Crippen molar-refractivity contribution in [2.24, 2.45) is 0 Å². The Morgan fingerprint density at radius 2 is 2.04 bits per heavy atom. The second-order valence-corrected chi connectivity index (χ2v) is 8.08. The summed E-state index contributed by atoms with van der Waals surface area (Å²) in [5.41, 5.74) is 3.09. The zero-order chi connectivity index (χ0) is 19.9. The average molecular weight is 395 g/mol. The van der Waals surface area contributed by atoms with Gasteiger partial charge in [-0.3, -0.25) is 4.79 Å². The van der Waals surface area contributed by atoms with Gasteiger partial charge in [0.1, 0.15) is 0 Å². The number of carbonyl (C=O) groups is 1. The van der Waals surface area contributed by atoms with Crippen molar-refractivity contribution in [2.45, 2.75) is 24.4 Å². The standard InChI is InChI=1S/C20H21N5O2S/c1-20(2)14-7-4-5-8-15(14)24(3)17(20)11-13(26)12-28-19-23-22-18(25(19)21)16-9-6-10-27-16/h4-11H,12,21H2,1-3H3/b17-11-. The summed E-state index contributed by atoms with van der Waals surface area (Å²) in [4.78, 5) is 14.7. The van der Waals surface area contributed by atoms with Gasteiger partial charge in [-0.25, -0.2) is 4.68 Å². The lowest BCUT2D eigenvalue weighted by Gasteiger charge is -2.23. The van der Waals surface area contributed by atoms with E-state index in [1.54, 1.807) is 24.5 Å². The number of benzene rings is 1. The van der Waals surface area contributed by atoms with Gasteiger partial charge in [-0.1, -0.05) is 43.8 Å². The predicted molar refractivity (Wildman–Crippen MR) is 110 cm³/mol. The number of nitrogens with two attached hydrogens (primary N) is 1. The van der Waals surface area contributed by atoms with E-state index in [9.17, 15) is 4.79 Å². The van der Waals surface area contributed by atoms with Crippen LogP contribution in [-0.4, -0.2) is 33.5 Å². The van der Waals surface area contributed by atoms with Crippen LogP contribution in [0.1, 0.15) is 19.4 Å². The lowest BCUT2D eigenvalue weighted by Crippen LogP contribution is -2.24. The molecule has 8 heteroatoms. The van der Waals surface area contributed by atoms with Crippen molar-refractivity contribution in [3.63, 3.8) is 0 Å². The highest BCUT2D eigenvalue weighted by Gasteiger charge is 2.38. The van der Waals surface area contributed by atoms with E-state index >= 15 is 0 Å². The number of likely N-dealkylation sites (N-methyl/N-ethyl adjacent to an activating group) is 1. The minimum atomic E-state index is -0.230. The number of nitrogen functional groups attached to an aromatic ring is 1. The van der Waals surface area contributed by atoms with Gasteiger partial charge in [0.15, 0.2) is 11.5 Å². The fraction of sp³-hybridized carbons (Fsp3) is 0.250.